The summed E-state index contributed by atoms with van der Waals surface area (Å²) in [6.45, 7) is 8.81. The Morgan fingerprint density at radius 2 is 2.29 bits per heavy atom. The van der Waals surface area contributed by atoms with Gasteiger partial charge in [-0.25, -0.2) is 4.98 Å². The van der Waals surface area contributed by atoms with Crippen molar-refractivity contribution in [2.75, 3.05) is 13.1 Å². The number of hydrogen-bond acceptors (Lipinski definition) is 3. The number of imidazole rings is 1. The van der Waals surface area contributed by atoms with E-state index in [9.17, 15) is 0 Å². The van der Waals surface area contributed by atoms with E-state index in [1.54, 1.807) is 0 Å². The molecular weight excluding hydrogens is 212 g/mol. The molecule has 0 aromatic carbocycles. The standard InChI is InChI=1S/C13H24N4/c1-4-7-16-8-5-11(14)12(16)13-15-6-9-17(13)10(2)3/h6,9-12H,4-5,7-8,14H2,1-3H3/t11-,12-/m0/s1. The zero-order valence-electron chi connectivity index (χ0n) is 11.1. The van der Waals surface area contributed by atoms with E-state index in [1.807, 2.05) is 6.20 Å². The van der Waals surface area contributed by atoms with Crippen LogP contribution in [0.15, 0.2) is 12.4 Å². The highest BCUT2D eigenvalue weighted by Crippen LogP contribution is 2.31. The molecule has 1 fully saturated rings. The van der Waals surface area contributed by atoms with Crippen molar-refractivity contribution in [3.8, 4) is 0 Å². The second-order valence-corrected chi connectivity index (χ2v) is 5.22. The molecule has 2 atom stereocenters. The first-order chi connectivity index (χ1) is 8.15. The van der Waals surface area contributed by atoms with Gasteiger partial charge in [-0.15, -0.1) is 0 Å². The van der Waals surface area contributed by atoms with Gasteiger partial charge in [0.2, 0.25) is 0 Å². The van der Waals surface area contributed by atoms with Gasteiger partial charge >= 0.3 is 0 Å². The van der Waals surface area contributed by atoms with Crippen LogP contribution in [0, 0.1) is 0 Å². The predicted molar refractivity (Wildman–Crippen MR) is 69.8 cm³/mol. The fourth-order valence-corrected chi connectivity index (χ4v) is 2.77. The first-order valence-corrected chi connectivity index (χ1v) is 6.67. The molecule has 0 saturated carbocycles. The van der Waals surface area contributed by atoms with Crippen LogP contribution >= 0.6 is 0 Å². The molecule has 17 heavy (non-hydrogen) atoms. The third-order valence-electron chi connectivity index (χ3n) is 3.58. The van der Waals surface area contributed by atoms with E-state index < -0.39 is 0 Å². The number of nitrogens with two attached hydrogens (primary N) is 1. The van der Waals surface area contributed by atoms with Crippen LogP contribution in [0.5, 0.6) is 0 Å². The fourth-order valence-electron chi connectivity index (χ4n) is 2.77. The molecule has 1 aromatic rings. The lowest BCUT2D eigenvalue weighted by atomic mass is 10.1. The molecule has 0 bridgehead atoms. The van der Waals surface area contributed by atoms with Crippen molar-refractivity contribution >= 4 is 0 Å². The SMILES string of the molecule is CCCN1CC[C@H](N)[C@H]1c1nccn1C(C)C. The fraction of sp³-hybridized carbons (Fsp3) is 0.769. The molecule has 1 aliphatic heterocycles. The minimum Gasteiger partial charge on any atom is -0.331 e. The van der Waals surface area contributed by atoms with Gasteiger partial charge < -0.3 is 10.3 Å². The lowest BCUT2D eigenvalue weighted by Gasteiger charge is -2.27. The van der Waals surface area contributed by atoms with Crippen molar-refractivity contribution in [2.45, 2.75) is 51.7 Å². The van der Waals surface area contributed by atoms with E-state index in [4.69, 9.17) is 5.73 Å². The van der Waals surface area contributed by atoms with E-state index in [0.29, 0.717) is 12.1 Å². The Bertz CT molecular complexity index is 356. The molecule has 0 spiro atoms. The van der Waals surface area contributed by atoms with Gasteiger partial charge in [-0.1, -0.05) is 6.92 Å². The summed E-state index contributed by atoms with van der Waals surface area (Å²) >= 11 is 0. The molecule has 2 heterocycles. The average Bonchev–Trinajstić information content (AvgIpc) is 2.85. The van der Waals surface area contributed by atoms with Gasteiger partial charge in [0.1, 0.15) is 5.82 Å². The molecule has 4 nitrogen and oxygen atoms in total. The van der Waals surface area contributed by atoms with Crippen LogP contribution < -0.4 is 5.73 Å². The normalized spacial score (nSPS) is 25.9. The molecular formula is C13H24N4. The van der Waals surface area contributed by atoms with Crippen molar-refractivity contribution in [1.82, 2.24) is 14.5 Å². The summed E-state index contributed by atoms with van der Waals surface area (Å²) in [7, 11) is 0. The molecule has 1 aliphatic rings. The van der Waals surface area contributed by atoms with E-state index in [0.717, 1.165) is 25.3 Å². The van der Waals surface area contributed by atoms with Crippen LogP contribution in [0.25, 0.3) is 0 Å². The molecule has 1 aromatic heterocycles. The van der Waals surface area contributed by atoms with Gasteiger partial charge in [0.15, 0.2) is 0 Å². The van der Waals surface area contributed by atoms with Crippen LogP contribution in [-0.4, -0.2) is 33.6 Å². The molecule has 0 amide bonds. The highest BCUT2D eigenvalue weighted by atomic mass is 15.3. The Balaban J connectivity index is 2.26. The van der Waals surface area contributed by atoms with Crippen LogP contribution in [0.4, 0.5) is 0 Å². The first kappa shape index (κ1) is 12.6. The largest absolute Gasteiger partial charge is 0.331 e. The molecule has 0 unspecified atom stereocenters. The monoisotopic (exact) mass is 236 g/mol. The van der Waals surface area contributed by atoms with Crippen molar-refractivity contribution in [2.24, 2.45) is 5.73 Å². The van der Waals surface area contributed by atoms with Crippen LogP contribution in [0.2, 0.25) is 0 Å². The van der Waals surface area contributed by atoms with Gasteiger partial charge in [-0.3, -0.25) is 4.90 Å². The van der Waals surface area contributed by atoms with Gasteiger partial charge in [0.25, 0.3) is 0 Å². The molecule has 0 aliphatic carbocycles. The second-order valence-electron chi connectivity index (χ2n) is 5.22. The summed E-state index contributed by atoms with van der Waals surface area (Å²) in [5.74, 6) is 1.14. The lowest BCUT2D eigenvalue weighted by molar-refractivity contribution is 0.232. The summed E-state index contributed by atoms with van der Waals surface area (Å²) in [5.41, 5.74) is 6.26. The number of likely N-dealkylation sites (tertiary alicyclic amines) is 1. The predicted octanol–water partition coefficient (Wildman–Crippen LogP) is 1.95. The van der Waals surface area contributed by atoms with E-state index in [1.165, 1.54) is 6.42 Å². The Labute approximate surface area is 104 Å². The van der Waals surface area contributed by atoms with E-state index >= 15 is 0 Å². The zero-order chi connectivity index (χ0) is 12.4. The smallest absolute Gasteiger partial charge is 0.127 e. The Kier molecular flexibility index (Phi) is 3.84. The van der Waals surface area contributed by atoms with Crippen LogP contribution in [-0.2, 0) is 0 Å². The van der Waals surface area contributed by atoms with Crippen LogP contribution in [0.3, 0.4) is 0 Å². The Morgan fingerprint density at radius 1 is 1.53 bits per heavy atom. The number of aromatic nitrogens is 2. The summed E-state index contributed by atoms with van der Waals surface area (Å²) in [4.78, 5) is 7.02. The van der Waals surface area contributed by atoms with Crippen molar-refractivity contribution in [1.29, 1.82) is 0 Å². The summed E-state index contributed by atoms with van der Waals surface area (Å²) in [5, 5.41) is 0. The number of hydrogen-bond donors (Lipinski definition) is 1. The van der Waals surface area contributed by atoms with Gasteiger partial charge in [-0.05, 0) is 33.2 Å². The van der Waals surface area contributed by atoms with Gasteiger partial charge in [0.05, 0.1) is 6.04 Å². The molecule has 0 radical (unpaired) electrons. The van der Waals surface area contributed by atoms with Crippen molar-refractivity contribution in [3.05, 3.63) is 18.2 Å². The minimum atomic E-state index is 0.224. The maximum absolute atomic E-state index is 6.26. The van der Waals surface area contributed by atoms with E-state index in [2.05, 4.69) is 41.4 Å². The molecule has 4 heteroatoms. The second kappa shape index (κ2) is 5.19. The molecule has 1 saturated heterocycles. The zero-order valence-corrected chi connectivity index (χ0v) is 11.1. The third kappa shape index (κ3) is 2.38. The highest BCUT2D eigenvalue weighted by Gasteiger charge is 2.35. The Morgan fingerprint density at radius 3 is 2.94 bits per heavy atom. The first-order valence-electron chi connectivity index (χ1n) is 6.67. The van der Waals surface area contributed by atoms with Gasteiger partial charge in [0, 0.05) is 31.0 Å². The van der Waals surface area contributed by atoms with E-state index in [-0.39, 0.29) is 6.04 Å². The Hall–Kier alpha value is -0.870. The van der Waals surface area contributed by atoms with Crippen LogP contribution in [0.1, 0.15) is 51.5 Å². The van der Waals surface area contributed by atoms with Crippen molar-refractivity contribution < 1.29 is 0 Å². The van der Waals surface area contributed by atoms with Gasteiger partial charge in [-0.2, -0.15) is 0 Å². The highest BCUT2D eigenvalue weighted by molar-refractivity contribution is 5.08. The topological polar surface area (TPSA) is 47.1 Å². The number of nitrogens with zero attached hydrogens (tertiary/aromatic N) is 3. The average molecular weight is 236 g/mol. The maximum Gasteiger partial charge on any atom is 0.127 e. The molecule has 2 N–H and O–H groups in total. The quantitative estimate of drug-likeness (QED) is 0.869. The maximum atomic E-state index is 6.26. The third-order valence-corrected chi connectivity index (χ3v) is 3.58. The number of rotatable bonds is 4. The summed E-state index contributed by atoms with van der Waals surface area (Å²) in [6, 6.07) is 0.970. The summed E-state index contributed by atoms with van der Waals surface area (Å²) in [6.07, 6.45) is 6.21. The molecule has 96 valence electrons. The summed E-state index contributed by atoms with van der Waals surface area (Å²) < 4.78 is 2.25. The van der Waals surface area contributed by atoms with Crippen molar-refractivity contribution in [3.63, 3.8) is 0 Å². The molecule has 2 rings (SSSR count). The minimum absolute atomic E-state index is 0.224. The lowest BCUT2D eigenvalue weighted by Crippen LogP contribution is -2.34.